The number of nitrogens with zero attached hydrogens (tertiary/aromatic N) is 1. The molecule has 0 heterocycles. The first-order valence-electron chi connectivity index (χ1n) is 6.64. The number of phenolic OH excluding ortho intramolecular Hbond substituents is 1. The predicted octanol–water partition coefficient (Wildman–Crippen LogP) is 3.50. The number of hydrogen-bond donors (Lipinski definition) is 2. The SMILES string of the molecule is COC(=O)N(C)c1ccc(NC(=O)c2ccc(O)c(Cl)c2)cc1. The summed E-state index contributed by atoms with van der Waals surface area (Å²) in [5.74, 6) is -0.445. The van der Waals surface area contributed by atoms with Crippen molar-refractivity contribution in [1.29, 1.82) is 0 Å². The smallest absolute Gasteiger partial charge is 0.413 e. The molecule has 0 aliphatic heterocycles. The molecule has 0 aliphatic carbocycles. The molecule has 23 heavy (non-hydrogen) atoms. The summed E-state index contributed by atoms with van der Waals surface area (Å²) in [5.41, 5.74) is 1.51. The van der Waals surface area contributed by atoms with Crippen LogP contribution in [-0.2, 0) is 4.74 Å². The lowest BCUT2D eigenvalue weighted by Crippen LogP contribution is -2.25. The van der Waals surface area contributed by atoms with Crippen molar-refractivity contribution in [3.05, 3.63) is 53.1 Å². The quantitative estimate of drug-likeness (QED) is 0.900. The maximum atomic E-state index is 12.1. The fraction of sp³-hybridized carbons (Fsp3) is 0.125. The summed E-state index contributed by atoms with van der Waals surface area (Å²) in [6.45, 7) is 0. The number of nitrogens with one attached hydrogen (secondary N) is 1. The number of phenols is 1. The lowest BCUT2D eigenvalue weighted by Gasteiger charge is -2.16. The third-order valence-electron chi connectivity index (χ3n) is 3.17. The van der Waals surface area contributed by atoms with E-state index >= 15 is 0 Å². The summed E-state index contributed by atoms with van der Waals surface area (Å²) < 4.78 is 4.62. The highest BCUT2D eigenvalue weighted by atomic mass is 35.5. The van der Waals surface area contributed by atoms with E-state index in [-0.39, 0.29) is 16.7 Å². The zero-order valence-corrected chi connectivity index (χ0v) is 13.3. The van der Waals surface area contributed by atoms with Crippen molar-refractivity contribution < 1.29 is 19.4 Å². The number of halogens is 1. The van der Waals surface area contributed by atoms with E-state index in [9.17, 15) is 14.7 Å². The number of ether oxygens (including phenoxy) is 1. The second-order valence-corrected chi connectivity index (χ2v) is 5.10. The first kappa shape index (κ1) is 16.6. The van der Waals surface area contributed by atoms with Crippen LogP contribution in [0, 0.1) is 0 Å². The maximum Gasteiger partial charge on any atom is 0.413 e. The van der Waals surface area contributed by atoms with Gasteiger partial charge < -0.3 is 15.2 Å². The van der Waals surface area contributed by atoms with Crippen LogP contribution in [0.2, 0.25) is 5.02 Å². The second-order valence-electron chi connectivity index (χ2n) is 4.70. The summed E-state index contributed by atoms with van der Waals surface area (Å²) >= 11 is 5.78. The summed E-state index contributed by atoms with van der Waals surface area (Å²) in [6.07, 6.45) is -0.486. The van der Waals surface area contributed by atoms with Gasteiger partial charge >= 0.3 is 6.09 Å². The van der Waals surface area contributed by atoms with Crippen LogP contribution in [0.4, 0.5) is 16.2 Å². The zero-order valence-electron chi connectivity index (χ0n) is 12.5. The minimum absolute atomic E-state index is 0.0848. The first-order valence-corrected chi connectivity index (χ1v) is 7.02. The zero-order chi connectivity index (χ0) is 17.0. The van der Waals surface area contributed by atoms with Gasteiger partial charge in [-0.25, -0.2) is 4.79 Å². The molecular weight excluding hydrogens is 320 g/mol. The van der Waals surface area contributed by atoms with Gasteiger partial charge in [0.2, 0.25) is 0 Å². The van der Waals surface area contributed by atoms with E-state index < -0.39 is 6.09 Å². The van der Waals surface area contributed by atoms with Crippen LogP contribution in [-0.4, -0.2) is 31.3 Å². The van der Waals surface area contributed by atoms with Gasteiger partial charge in [-0.2, -0.15) is 0 Å². The second kappa shape index (κ2) is 7.02. The van der Waals surface area contributed by atoms with Crippen molar-refractivity contribution in [3.8, 4) is 5.75 Å². The Hall–Kier alpha value is -2.73. The van der Waals surface area contributed by atoms with Crippen molar-refractivity contribution in [2.75, 3.05) is 24.4 Å². The number of anilines is 2. The van der Waals surface area contributed by atoms with E-state index in [0.29, 0.717) is 16.9 Å². The Bertz CT molecular complexity index is 731. The van der Waals surface area contributed by atoms with Gasteiger partial charge in [-0.15, -0.1) is 0 Å². The van der Waals surface area contributed by atoms with Crippen molar-refractivity contribution >= 4 is 35.0 Å². The van der Waals surface area contributed by atoms with Crippen molar-refractivity contribution in [1.82, 2.24) is 0 Å². The Morgan fingerprint density at radius 1 is 1.17 bits per heavy atom. The molecule has 0 fully saturated rings. The van der Waals surface area contributed by atoms with Gasteiger partial charge in [0, 0.05) is 24.0 Å². The number of carbonyl (C=O) groups excluding carboxylic acids is 2. The van der Waals surface area contributed by atoms with E-state index in [1.807, 2.05) is 0 Å². The predicted molar refractivity (Wildman–Crippen MR) is 88.3 cm³/mol. The number of methoxy groups -OCH3 is 1. The fourth-order valence-electron chi connectivity index (χ4n) is 1.86. The standard InChI is InChI=1S/C16H15ClN2O4/c1-19(16(22)23-2)12-6-4-11(5-7-12)18-15(21)10-3-8-14(20)13(17)9-10/h3-9,20H,1-2H3,(H,18,21). The van der Waals surface area contributed by atoms with Gasteiger partial charge in [0.25, 0.3) is 5.91 Å². The third kappa shape index (κ3) is 3.92. The lowest BCUT2D eigenvalue weighted by atomic mass is 10.2. The molecule has 2 amide bonds. The number of hydrogen-bond acceptors (Lipinski definition) is 4. The number of benzene rings is 2. The first-order chi connectivity index (χ1) is 10.9. The fourth-order valence-corrected chi connectivity index (χ4v) is 2.04. The molecule has 120 valence electrons. The van der Waals surface area contributed by atoms with Gasteiger partial charge in [0.1, 0.15) is 5.75 Å². The normalized spacial score (nSPS) is 10.0. The number of amides is 2. The van der Waals surface area contributed by atoms with Crippen molar-refractivity contribution in [3.63, 3.8) is 0 Å². The molecule has 2 aromatic carbocycles. The molecule has 0 spiro atoms. The molecule has 0 atom stereocenters. The Morgan fingerprint density at radius 2 is 1.83 bits per heavy atom. The molecule has 0 bridgehead atoms. The Kier molecular flexibility index (Phi) is 5.08. The highest BCUT2D eigenvalue weighted by molar-refractivity contribution is 6.32. The summed E-state index contributed by atoms with van der Waals surface area (Å²) in [5, 5.41) is 12.2. The van der Waals surface area contributed by atoms with E-state index in [0.717, 1.165) is 0 Å². The third-order valence-corrected chi connectivity index (χ3v) is 3.47. The number of aromatic hydroxyl groups is 1. The molecule has 2 aromatic rings. The van der Waals surface area contributed by atoms with Crippen LogP contribution >= 0.6 is 11.6 Å². The molecule has 0 unspecified atom stereocenters. The Balaban J connectivity index is 2.10. The molecule has 0 radical (unpaired) electrons. The largest absolute Gasteiger partial charge is 0.506 e. The maximum absolute atomic E-state index is 12.1. The molecule has 7 heteroatoms. The molecule has 0 aromatic heterocycles. The van der Waals surface area contributed by atoms with Crippen molar-refractivity contribution in [2.24, 2.45) is 0 Å². The summed E-state index contributed by atoms with van der Waals surface area (Å²) in [6, 6.07) is 10.9. The van der Waals surface area contributed by atoms with E-state index in [1.54, 1.807) is 31.3 Å². The van der Waals surface area contributed by atoms with Crippen LogP contribution in [0.15, 0.2) is 42.5 Å². The number of carbonyl (C=O) groups is 2. The van der Waals surface area contributed by atoms with Crippen LogP contribution in [0.25, 0.3) is 0 Å². The van der Waals surface area contributed by atoms with E-state index in [4.69, 9.17) is 11.6 Å². The van der Waals surface area contributed by atoms with Gasteiger partial charge in [0.05, 0.1) is 12.1 Å². The van der Waals surface area contributed by atoms with Crippen LogP contribution in [0.3, 0.4) is 0 Å². The monoisotopic (exact) mass is 334 g/mol. The Labute approximate surface area is 138 Å². The molecule has 0 aliphatic rings. The lowest BCUT2D eigenvalue weighted by molar-refractivity contribution is 0.102. The van der Waals surface area contributed by atoms with Crippen LogP contribution in [0.1, 0.15) is 10.4 Å². The molecule has 0 saturated heterocycles. The van der Waals surface area contributed by atoms with Crippen LogP contribution in [0.5, 0.6) is 5.75 Å². The Morgan fingerprint density at radius 3 is 2.39 bits per heavy atom. The average Bonchev–Trinajstić information content (AvgIpc) is 2.56. The summed E-state index contributed by atoms with van der Waals surface area (Å²) in [4.78, 5) is 24.9. The number of rotatable bonds is 3. The van der Waals surface area contributed by atoms with Gasteiger partial charge in [-0.3, -0.25) is 9.69 Å². The molecule has 0 saturated carbocycles. The van der Waals surface area contributed by atoms with E-state index in [2.05, 4.69) is 10.1 Å². The topological polar surface area (TPSA) is 78.9 Å². The minimum atomic E-state index is -0.486. The molecule has 2 N–H and O–H groups in total. The average molecular weight is 335 g/mol. The van der Waals surface area contributed by atoms with Gasteiger partial charge in [0.15, 0.2) is 0 Å². The van der Waals surface area contributed by atoms with Gasteiger partial charge in [-0.05, 0) is 42.5 Å². The minimum Gasteiger partial charge on any atom is -0.506 e. The molecular formula is C16H15ClN2O4. The van der Waals surface area contributed by atoms with Crippen LogP contribution < -0.4 is 10.2 Å². The highest BCUT2D eigenvalue weighted by Crippen LogP contribution is 2.24. The van der Waals surface area contributed by atoms with E-state index in [1.165, 1.54) is 30.2 Å². The highest BCUT2D eigenvalue weighted by Gasteiger charge is 2.12. The summed E-state index contributed by atoms with van der Waals surface area (Å²) in [7, 11) is 2.88. The van der Waals surface area contributed by atoms with Gasteiger partial charge in [-0.1, -0.05) is 11.6 Å². The molecule has 6 nitrogen and oxygen atoms in total. The van der Waals surface area contributed by atoms with Crippen molar-refractivity contribution in [2.45, 2.75) is 0 Å². The molecule has 2 rings (SSSR count).